The van der Waals surface area contributed by atoms with E-state index in [1.165, 1.54) is 6.07 Å². The lowest BCUT2D eigenvalue weighted by Gasteiger charge is -2.23. The fourth-order valence-corrected chi connectivity index (χ4v) is 4.79. The maximum atomic E-state index is 15.2. The van der Waals surface area contributed by atoms with Gasteiger partial charge < -0.3 is 5.41 Å². The molecule has 176 valence electrons. The van der Waals surface area contributed by atoms with Gasteiger partial charge in [0.15, 0.2) is 5.67 Å². The third kappa shape index (κ3) is 4.73. The summed E-state index contributed by atoms with van der Waals surface area (Å²) in [6.45, 7) is 1.06. The van der Waals surface area contributed by atoms with E-state index in [1.54, 1.807) is 0 Å². The molecule has 1 fully saturated rings. The largest absolute Gasteiger partial charge is 0.313 e. The number of sulfonamides is 1. The SMILES string of the molecule is [B]C(C)(F)c1ccc(S(=O)(=O)Nc2cccc(Cl)c2C(=N)C2(F)CC(F)(F)C(F)(F)C2)cc1. The van der Waals surface area contributed by atoms with Crippen LogP contribution in [0, 0.1) is 5.41 Å². The maximum absolute atomic E-state index is 15.2. The highest BCUT2D eigenvalue weighted by molar-refractivity contribution is 7.92. The second-order valence-electron chi connectivity index (χ2n) is 7.97. The molecule has 0 aliphatic heterocycles. The lowest BCUT2D eigenvalue weighted by molar-refractivity contribution is -0.185. The standard InChI is InChI=1S/C20H16BClF6N2O2S/c1-17(21,23)11-5-7-12(8-6-11)33(31,32)30-14-4-2-3-13(22)15(14)16(29)18(24)9-19(25,26)20(27,28)10-18/h2-8,29-30H,9-10H2,1H3. The van der Waals surface area contributed by atoms with Crippen molar-refractivity contribution in [3.05, 3.63) is 58.6 Å². The van der Waals surface area contributed by atoms with Gasteiger partial charge in [-0.25, -0.2) is 12.8 Å². The zero-order valence-electron chi connectivity index (χ0n) is 16.9. The van der Waals surface area contributed by atoms with Crippen molar-refractivity contribution in [2.24, 2.45) is 0 Å². The molecule has 0 saturated heterocycles. The van der Waals surface area contributed by atoms with Gasteiger partial charge in [-0.3, -0.25) is 9.11 Å². The second-order valence-corrected chi connectivity index (χ2v) is 10.1. The van der Waals surface area contributed by atoms with Crippen molar-refractivity contribution in [1.29, 1.82) is 5.41 Å². The van der Waals surface area contributed by atoms with Crippen LogP contribution in [0.3, 0.4) is 0 Å². The smallest absolute Gasteiger partial charge is 0.301 e. The number of hydrogen-bond donors (Lipinski definition) is 2. The fourth-order valence-electron chi connectivity index (χ4n) is 3.45. The highest BCUT2D eigenvalue weighted by Crippen LogP contribution is 2.55. The van der Waals surface area contributed by atoms with Gasteiger partial charge in [-0.05, 0) is 36.8 Å². The van der Waals surface area contributed by atoms with Crippen LogP contribution >= 0.6 is 11.6 Å². The molecule has 2 aromatic rings. The summed E-state index contributed by atoms with van der Waals surface area (Å²) in [5, 5.41) is 7.64. The van der Waals surface area contributed by atoms with Crippen molar-refractivity contribution in [3.63, 3.8) is 0 Å². The number of hydrogen-bond acceptors (Lipinski definition) is 3. The van der Waals surface area contributed by atoms with E-state index in [-0.39, 0.29) is 10.5 Å². The van der Waals surface area contributed by atoms with E-state index in [2.05, 4.69) is 0 Å². The van der Waals surface area contributed by atoms with E-state index in [1.807, 2.05) is 4.72 Å². The molecule has 2 N–H and O–H groups in total. The zero-order valence-corrected chi connectivity index (χ0v) is 18.5. The van der Waals surface area contributed by atoms with E-state index in [0.717, 1.165) is 43.3 Å². The molecule has 1 aliphatic carbocycles. The van der Waals surface area contributed by atoms with Gasteiger partial charge in [0, 0.05) is 5.56 Å². The van der Waals surface area contributed by atoms with E-state index >= 15 is 4.39 Å². The van der Waals surface area contributed by atoms with Gasteiger partial charge in [0.1, 0.15) is 7.85 Å². The van der Waals surface area contributed by atoms with Crippen LogP contribution in [0.1, 0.15) is 30.9 Å². The molecule has 0 aromatic heterocycles. The number of halogens is 7. The first kappa shape index (κ1) is 25.4. The molecule has 0 bridgehead atoms. The highest BCUT2D eigenvalue weighted by atomic mass is 35.5. The Morgan fingerprint density at radius 1 is 1.06 bits per heavy atom. The van der Waals surface area contributed by atoms with Gasteiger partial charge >= 0.3 is 11.8 Å². The summed E-state index contributed by atoms with van der Waals surface area (Å²) in [5.74, 6) is -9.41. The van der Waals surface area contributed by atoms with Gasteiger partial charge in [-0.2, -0.15) is 17.6 Å². The van der Waals surface area contributed by atoms with Gasteiger partial charge in [0.25, 0.3) is 10.0 Å². The molecule has 0 amide bonds. The molecule has 33 heavy (non-hydrogen) atoms. The Morgan fingerprint density at radius 3 is 2.06 bits per heavy atom. The number of alkyl halides is 6. The summed E-state index contributed by atoms with van der Waals surface area (Å²) in [6.07, 6.45) is -3.93. The van der Waals surface area contributed by atoms with Crippen molar-refractivity contribution in [2.45, 2.75) is 47.7 Å². The number of benzene rings is 2. The third-order valence-electron chi connectivity index (χ3n) is 5.22. The molecule has 3 rings (SSSR count). The Kier molecular flexibility index (Phi) is 6.11. The van der Waals surface area contributed by atoms with Crippen molar-refractivity contribution in [2.75, 3.05) is 4.72 Å². The molecule has 1 aliphatic rings. The zero-order chi connectivity index (χ0) is 25.0. The molecular weight excluding hydrogens is 493 g/mol. The Balaban J connectivity index is 1.99. The second kappa shape index (κ2) is 7.94. The van der Waals surface area contributed by atoms with Crippen LogP contribution in [-0.2, 0) is 15.6 Å². The molecule has 13 heteroatoms. The Bertz CT molecular complexity index is 1180. The first-order chi connectivity index (χ1) is 14.9. The van der Waals surface area contributed by atoms with Crippen LogP contribution in [-0.4, -0.2) is 39.5 Å². The molecule has 1 saturated carbocycles. The molecule has 2 radical (unpaired) electrons. The predicted octanol–water partition coefficient (Wildman–Crippen LogP) is 5.59. The van der Waals surface area contributed by atoms with Crippen LogP contribution in [0.25, 0.3) is 0 Å². The minimum Gasteiger partial charge on any atom is -0.301 e. The third-order valence-corrected chi connectivity index (χ3v) is 6.92. The minimum atomic E-state index is -4.70. The lowest BCUT2D eigenvalue weighted by Crippen LogP contribution is -2.33. The minimum absolute atomic E-state index is 0.0193. The van der Waals surface area contributed by atoms with Gasteiger partial charge in [-0.1, -0.05) is 29.8 Å². The van der Waals surface area contributed by atoms with E-state index in [9.17, 15) is 30.4 Å². The molecule has 1 unspecified atom stereocenters. The van der Waals surface area contributed by atoms with Gasteiger partial charge in [0.2, 0.25) is 0 Å². The van der Waals surface area contributed by atoms with E-state index in [4.69, 9.17) is 24.9 Å². The average molecular weight is 509 g/mol. The summed E-state index contributed by atoms with van der Waals surface area (Å²) in [4.78, 5) is -0.373. The van der Waals surface area contributed by atoms with Crippen LogP contribution in [0.4, 0.5) is 32.0 Å². The highest BCUT2D eigenvalue weighted by Gasteiger charge is 2.70. The first-order valence-electron chi connectivity index (χ1n) is 9.33. The van der Waals surface area contributed by atoms with Gasteiger partial charge in [-0.15, -0.1) is 0 Å². The lowest BCUT2D eigenvalue weighted by atomic mass is 9.79. The summed E-state index contributed by atoms with van der Waals surface area (Å²) in [5.41, 5.74) is -8.17. The van der Waals surface area contributed by atoms with Crippen LogP contribution in [0.15, 0.2) is 47.4 Å². The van der Waals surface area contributed by atoms with Crippen LogP contribution in [0.5, 0.6) is 0 Å². The fraction of sp³-hybridized carbons (Fsp3) is 0.350. The first-order valence-corrected chi connectivity index (χ1v) is 11.2. The van der Waals surface area contributed by atoms with Crippen LogP contribution in [0.2, 0.25) is 5.02 Å². The number of rotatable bonds is 6. The molecular formula is C20H16BClF6N2O2S. The molecule has 2 aromatic carbocycles. The van der Waals surface area contributed by atoms with Crippen molar-refractivity contribution in [1.82, 2.24) is 0 Å². The van der Waals surface area contributed by atoms with Crippen LogP contribution < -0.4 is 4.72 Å². The summed E-state index contributed by atoms with van der Waals surface area (Å²) in [6, 6.07) is 7.72. The molecule has 0 heterocycles. The van der Waals surface area contributed by atoms with Crippen molar-refractivity contribution < 1.29 is 34.8 Å². The molecule has 1 atom stereocenters. The van der Waals surface area contributed by atoms with E-state index in [0.29, 0.717) is 0 Å². The number of anilines is 1. The predicted molar refractivity (Wildman–Crippen MR) is 113 cm³/mol. The number of nitrogens with one attached hydrogen (secondary N) is 2. The monoisotopic (exact) mass is 508 g/mol. The molecule has 4 nitrogen and oxygen atoms in total. The Labute approximate surface area is 192 Å². The maximum Gasteiger partial charge on any atom is 0.313 e. The topological polar surface area (TPSA) is 70.0 Å². The van der Waals surface area contributed by atoms with E-state index < -0.39 is 67.9 Å². The van der Waals surface area contributed by atoms with Gasteiger partial charge in [0.05, 0.1) is 39.7 Å². The Morgan fingerprint density at radius 2 is 1.58 bits per heavy atom. The molecule has 0 spiro atoms. The van der Waals surface area contributed by atoms with Crippen molar-refractivity contribution >= 4 is 40.9 Å². The Hall–Kier alpha value is -2.21. The summed E-state index contributed by atoms with van der Waals surface area (Å²) in [7, 11) is 0.883. The van der Waals surface area contributed by atoms with Crippen molar-refractivity contribution in [3.8, 4) is 0 Å². The summed E-state index contributed by atoms with van der Waals surface area (Å²) < 4.78 is 111. The summed E-state index contributed by atoms with van der Waals surface area (Å²) >= 11 is 5.98. The average Bonchev–Trinajstić information content (AvgIpc) is 2.83. The normalized spacial score (nSPS) is 20.7. The quantitative estimate of drug-likeness (QED) is 0.303.